The van der Waals surface area contributed by atoms with Crippen molar-refractivity contribution >= 4 is 16.1 Å². The standard InChI is InChI=1S/C21H25N3O5S/c1-28-18-5-3-16(4-6-18)13-22-14-17-15-23(11-12-24(17)21(22)25)30(26,27)20-9-7-19(29-2)8-10-20/h3-10,17H,11-15H2,1-2H3/t17-/m0/s1. The molecule has 2 fully saturated rings. The molecule has 0 saturated carbocycles. The van der Waals surface area contributed by atoms with Gasteiger partial charge in [-0.3, -0.25) is 0 Å². The van der Waals surface area contributed by atoms with Gasteiger partial charge in [-0.1, -0.05) is 12.1 Å². The van der Waals surface area contributed by atoms with E-state index in [0.29, 0.717) is 31.9 Å². The van der Waals surface area contributed by atoms with Crippen molar-refractivity contribution in [2.45, 2.75) is 17.5 Å². The number of ether oxygens (including phenoxy) is 2. The molecule has 2 aliphatic heterocycles. The number of hydrogen-bond acceptors (Lipinski definition) is 5. The number of amides is 2. The number of nitrogens with zero attached hydrogens (tertiary/aromatic N) is 3. The van der Waals surface area contributed by atoms with E-state index in [4.69, 9.17) is 9.47 Å². The van der Waals surface area contributed by atoms with E-state index in [1.165, 1.54) is 11.4 Å². The van der Waals surface area contributed by atoms with Gasteiger partial charge in [-0.25, -0.2) is 13.2 Å². The molecule has 0 N–H and O–H groups in total. The van der Waals surface area contributed by atoms with Crippen LogP contribution >= 0.6 is 0 Å². The topological polar surface area (TPSA) is 79.4 Å². The number of urea groups is 1. The Labute approximate surface area is 176 Å². The minimum absolute atomic E-state index is 0.0442. The third kappa shape index (κ3) is 3.82. The molecule has 8 nitrogen and oxygen atoms in total. The van der Waals surface area contributed by atoms with Crippen molar-refractivity contribution in [3.63, 3.8) is 0 Å². The van der Waals surface area contributed by atoms with Crippen molar-refractivity contribution in [2.24, 2.45) is 0 Å². The van der Waals surface area contributed by atoms with Gasteiger partial charge in [-0.2, -0.15) is 4.31 Å². The first kappa shape index (κ1) is 20.5. The van der Waals surface area contributed by atoms with Crippen LogP contribution in [0, 0.1) is 0 Å². The van der Waals surface area contributed by atoms with Crippen molar-refractivity contribution in [3.8, 4) is 11.5 Å². The van der Waals surface area contributed by atoms with Crippen LogP contribution in [0.1, 0.15) is 5.56 Å². The van der Waals surface area contributed by atoms with Gasteiger partial charge in [0.25, 0.3) is 0 Å². The Morgan fingerprint density at radius 2 is 1.50 bits per heavy atom. The number of rotatable bonds is 6. The van der Waals surface area contributed by atoms with Gasteiger partial charge in [-0.15, -0.1) is 0 Å². The summed E-state index contributed by atoms with van der Waals surface area (Å²) in [6, 6.07) is 13.8. The molecule has 160 valence electrons. The number of carbonyl (C=O) groups is 1. The molecular weight excluding hydrogens is 406 g/mol. The fraction of sp³-hybridized carbons (Fsp3) is 0.381. The molecule has 2 amide bonds. The van der Waals surface area contributed by atoms with E-state index in [1.54, 1.807) is 41.2 Å². The lowest BCUT2D eigenvalue weighted by Crippen LogP contribution is -2.53. The van der Waals surface area contributed by atoms with Crippen molar-refractivity contribution < 1.29 is 22.7 Å². The number of sulfonamides is 1. The third-order valence-electron chi connectivity index (χ3n) is 5.62. The monoisotopic (exact) mass is 431 g/mol. The zero-order valence-electron chi connectivity index (χ0n) is 17.0. The predicted octanol–water partition coefficient (Wildman–Crippen LogP) is 2.01. The largest absolute Gasteiger partial charge is 0.497 e. The Balaban J connectivity index is 1.45. The van der Waals surface area contributed by atoms with E-state index in [0.717, 1.165) is 11.3 Å². The van der Waals surface area contributed by atoms with E-state index >= 15 is 0 Å². The van der Waals surface area contributed by atoms with Gasteiger partial charge in [0.05, 0.1) is 25.2 Å². The Morgan fingerprint density at radius 3 is 2.10 bits per heavy atom. The van der Waals surface area contributed by atoms with Gasteiger partial charge < -0.3 is 19.3 Å². The van der Waals surface area contributed by atoms with Crippen LogP contribution in [-0.4, -0.2) is 75.0 Å². The Bertz CT molecular complexity index is 1010. The Hall–Kier alpha value is -2.78. The minimum atomic E-state index is -3.62. The highest BCUT2D eigenvalue weighted by Crippen LogP contribution is 2.27. The summed E-state index contributed by atoms with van der Waals surface area (Å²) in [4.78, 5) is 16.6. The second kappa shape index (κ2) is 8.16. The summed E-state index contributed by atoms with van der Waals surface area (Å²) in [5, 5.41) is 0. The number of hydrogen-bond donors (Lipinski definition) is 0. The highest BCUT2D eigenvalue weighted by molar-refractivity contribution is 7.89. The van der Waals surface area contributed by atoms with E-state index in [2.05, 4.69) is 0 Å². The van der Waals surface area contributed by atoms with Gasteiger partial charge >= 0.3 is 6.03 Å². The average molecular weight is 432 g/mol. The van der Waals surface area contributed by atoms with Crippen LogP contribution in [0.4, 0.5) is 4.79 Å². The Kier molecular flexibility index (Phi) is 5.57. The maximum atomic E-state index is 13.0. The zero-order valence-corrected chi connectivity index (χ0v) is 17.8. The van der Waals surface area contributed by atoms with Crippen LogP contribution in [0.5, 0.6) is 11.5 Å². The molecule has 1 atom stereocenters. The van der Waals surface area contributed by atoms with Gasteiger partial charge in [0.1, 0.15) is 11.5 Å². The lowest BCUT2D eigenvalue weighted by Gasteiger charge is -2.35. The van der Waals surface area contributed by atoms with E-state index < -0.39 is 10.0 Å². The quantitative estimate of drug-likeness (QED) is 0.699. The van der Waals surface area contributed by atoms with Crippen LogP contribution in [-0.2, 0) is 16.6 Å². The van der Waals surface area contributed by atoms with Crippen molar-refractivity contribution in [3.05, 3.63) is 54.1 Å². The fourth-order valence-electron chi connectivity index (χ4n) is 3.95. The predicted molar refractivity (Wildman–Crippen MR) is 111 cm³/mol. The zero-order chi connectivity index (χ0) is 21.3. The molecule has 4 rings (SSSR count). The molecule has 0 bridgehead atoms. The van der Waals surface area contributed by atoms with Crippen LogP contribution in [0.15, 0.2) is 53.4 Å². The molecule has 0 aromatic heterocycles. The number of benzene rings is 2. The Morgan fingerprint density at radius 1 is 0.900 bits per heavy atom. The molecular formula is C21H25N3O5S. The molecule has 2 aliphatic rings. The lowest BCUT2D eigenvalue weighted by molar-refractivity contribution is 0.159. The molecule has 2 aromatic carbocycles. The third-order valence-corrected chi connectivity index (χ3v) is 7.50. The van der Waals surface area contributed by atoms with Gasteiger partial charge in [0, 0.05) is 32.7 Å². The van der Waals surface area contributed by atoms with Crippen molar-refractivity contribution in [2.75, 3.05) is 40.4 Å². The maximum Gasteiger partial charge on any atom is 0.320 e. The molecule has 0 radical (unpaired) electrons. The van der Waals surface area contributed by atoms with E-state index in [-0.39, 0.29) is 23.5 Å². The summed E-state index contributed by atoms with van der Waals surface area (Å²) in [6.45, 7) is 1.95. The second-order valence-corrected chi connectivity index (χ2v) is 9.33. The average Bonchev–Trinajstić information content (AvgIpc) is 3.09. The van der Waals surface area contributed by atoms with Crippen LogP contribution in [0.2, 0.25) is 0 Å². The smallest absolute Gasteiger partial charge is 0.320 e. The SMILES string of the molecule is COc1ccc(CN2C[C@H]3CN(S(=O)(=O)c4ccc(OC)cc4)CCN3C2=O)cc1. The summed E-state index contributed by atoms with van der Waals surface area (Å²) in [6.07, 6.45) is 0. The molecule has 2 aromatic rings. The summed E-state index contributed by atoms with van der Waals surface area (Å²) in [5.41, 5.74) is 1.01. The van der Waals surface area contributed by atoms with Gasteiger partial charge in [0.15, 0.2) is 0 Å². The van der Waals surface area contributed by atoms with E-state index in [1.807, 2.05) is 24.3 Å². The molecule has 0 aliphatic carbocycles. The summed E-state index contributed by atoms with van der Waals surface area (Å²) in [7, 11) is -0.467. The lowest BCUT2D eigenvalue weighted by atomic mass is 10.2. The first-order chi connectivity index (χ1) is 14.4. The summed E-state index contributed by atoms with van der Waals surface area (Å²) >= 11 is 0. The highest BCUT2D eigenvalue weighted by atomic mass is 32.2. The first-order valence-electron chi connectivity index (χ1n) is 9.75. The van der Waals surface area contributed by atoms with Crippen LogP contribution < -0.4 is 9.47 Å². The molecule has 30 heavy (non-hydrogen) atoms. The van der Waals surface area contributed by atoms with E-state index in [9.17, 15) is 13.2 Å². The molecule has 2 saturated heterocycles. The van der Waals surface area contributed by atoms with Gasteiger partial charge in [-0.05, 0) is 42.0 Å². The normalized spacial score (nSPS) is 19.7. The highest BCUT2D eigenvalue weighted by Gasteiger charge is 2.43. The fourth-order valence-corrected chi connectivity index (χ4v) is 5.42. The first-order valence-corrected chi connectivity index (χ1v) is 11.2. The second-order valence-electron chi connectivity index (χ2n) is 7.40. The molecule has 0 spiro atoms. The summed E-state index contributed by atoms with van der Waals surface area (Å²) < 4.78 is 37.8. The number of carbonyl (C=O) groups excluding carboxylic acids is 1. The molecule has 0 unspecified atom stereocenters. The molecule has 9 heteroatoms. The number of methoxy groups -OCH3 is 2. The number of piperazine rings is 1. The maximum absolute atomic E-state index is 13.0. The van der Waals surface area contributed by atoms with Crippen LogP contribution in [0.25, 0.3) is 0 Å². The van der Waals surface area contributed by atoms with Crippen molar-refractivity contribution in [1.82, 2.24) is 14.1 Å². The molecule has 2 heterocycles. The number of fused-ring (bicyclic) bond motifs is 1. The van der Waals surface area contributed by atoms with Gasteiger partial charge in [0.2, 0.25) is 10.0 Å². The summed E-state index contributed by atoms with van der Waals surface area (Å²) in [5.74, 6) is 1.37. The minimum Gasteiger partial charge on any atom is -0.497 e. The van der Waals surface area contributed by atoms with Crippen LogP contribution in [0.3, 0.4) is 0 Å². The van der Waals surface area contributed by atoms with Crippen molar-refractivity contribution in [1.29, 1.82) is 0 Å².